The summed E-state index contributed by atoms with van der Waals surface area (Å²) in [5, 5.41) is 9.60. The molecule has 14 heavy (non-hydrogen) atoms. The third-order valence-corrected chi connectivity index (χ3v) is 2.20. The number of hydrogen-bond donors (Lipinski definition) is 3. The van der Waals surface area contributed by atoms with E-state index < -0.39 is 5.91 Å². The first-order chi connectivity index (χ1) is 6.57. The molecule has 1 atom stereocenters. The van der Waals surface area contributed by atoms with Gasteiger partial charge in [0.1, 0.15) is 23.2 Å². The van der Waals surface area contributed by atoms with Crippen LogP contribution >= 0.6 is 0 Å². The number of aliphatic imine (C=N–C) groups is 1. The summed E-state index contributed by atoms with van der Waals surface area (Å²) in [5.74, 6) is -0.748. The van der Waals surface area contributed by atoms with Gasteiger partial charge in [-0.15, -0.1) is 0 Å². The Kier molecular flexibility index (Phi) is 3.11. The van der Waals surface area contributed by atoms with Crippen LogP contribution in [0.15, 0.2) is 16.3 Å². The minimum absolute atomic E-state index is 0.0221. The molecule has 1 rings (SSSR count). The van der Waals surface area contributed by atoms with Crippen LogP contribution in [-0.2, 0) is 4.79 Å². The SMILES string of the molecule is CCCC[C@H]1N=C(N)C(C(N)=O)=C1O. The van der Waals surface area contributed by atoms with Crippen molar-refractivity contribution in [2.45, 2.75) is 32.2 Å². The molecule has 0 radical (unpaired) electrons. The maximum Gasteiger partial charge on any atom is 0.255 e. The molecule has 5 heteroatoms. The summed E-state index contributed by atoms with van der Waals surface area (Å²) in [4.78, 5) is 14.9. The number of rotatable bonds is 4. The number of amidine groups is 1. The minimum atomic E-state index is -0.720. The van der Waals surface area contributed by atoms with E-state index >= 15 is 0 Å². The summed E-state index contributed by atoms with van der Waals surface area (Å²) in [6, 6.07) is -0.377. The van der Waals surface area contributed by atoms with E-state index in [1.807, 2.05) is 6.92 Å². The van der Waals surface area contributed by atoms with Crippen LogP contribution in [0.2, 0.25) is 0 Å². The number of nitrogens with zero attached hydrogens (tertiary/aromatic N) is 1. The van der Waals surface area contributed by atoms with E-state index in [-0.39, 0.29) is 23.2 Å². The number of primary amides is 1. The largest absolute Gasteiger partial charge is 0.509 e. The molecule has 0 unspecified atom stereocenters. The summed E-state index contributed by atoms with van der Waals surface area (Å²) in [6.07, 6.45) is 2.63. The zero-order valence-electron chi connectivity index (χ0n) is 8.16. The van der Waals surface area contributed by atoms with Crippen molar-refractivity contribution in [1.29, 1.82) is 0 Å². The van der Waals surface area contributed by atoms with Gasteiger partial charge in [-0.2, -0.15) is 0 Å². The van der Waals surface area contributed by atoms with Gasteiger partial charge in [0.15, 0.2) is 0 Å². The van der Waals surface area contributed by atoms with Crippen molar-refractivity contribution < 1.29 is 9.90 Å². The fourth-order valence-electron chi connectivity index (χ4n) is 1.44. The van der Waals surface area contributed by atoms with Gasteiger partial charge >= 0.3 is 0 Å². The molecular weight excluding hydrogens is 182 g/mol. The van der Waals surface area contributed by atoms with Gasteiger partial charge in [0, 0.05) is 0 Å². The van der Waals surface area contributed by atoms with Crippen LogP contribution < -0.4 is 11.5 Å². The second-order valence-electron chi connectivity index (χ2n) is 3.30. The van der Waals surface area contributed by atoms with Gasteiger partial charge in [0.05, 0.1) is 0 Å². The van der Waals surface area contributed by atoms with Gasteiger partial charge in [-0.1, -0.05) is 19.8 Å². The molecule has 0 fully saturated rings. The molecule has 5 nitrogen and oxygen atoms in total. The number of hydrogen-bond acceptors (Lipinski definition) is 4. The van der Waals surface area contributed by atoms with Crippen LogP contribution in [0, 0.1) is 0 Å². The standard InChI is InChI=1S/C9H15N3O2/c1-2-3-4-5-7(13)6(9(11)14)8(10)12-5/h5,13H,2-4H2,1H3,(H2,10,12)(H2,11,14)/t5-/m1/s1. The van der Waals surface area contributed by atoms with Crippen molar-refractivity contribution in [1.82, 2.24) is 0 Å². The Hall–Kier alpha value is -1.52. The monoisotopic (exact) mass is 197 g/mol. The molecule has 1 amide bonds. The number of amides is 1. The quantitative estimate of drug-likeness (QED) is 0.600. The molecule has 1 aliphatic rings. The topological polar surface area (TPSA) is 102 Å². The van der Waals surface area contributed by atoms with E-state index in [1.165, 1.54) is 0 Å². The fraction of sp³-hybridized carbons (Fsp3) is 0.556. The highest BCUT2D eigenvalue weighted by atomic mass is 16.3. The van der Waals surface area contributed by atoms with Gasteiger partial charge in [0.25, 0.3) is 5.91 Å². The lowest BCUT2D eigenvalue weighted by Gasteiger charge is -2.05. The first kappa shape index (κ1) is 10.6. The van der Waals surface area contributed by atoms with Crippen LogP contribution in [0.4, 0.5) is 0 Å². The number of aliphatic hydroxyl groups excluding tert-OH is 1. The van der Waals surface area contributed by atoms with Crippen LogP contribution in [0.3, 0.4) is 0 Å². The van der Waals surface area contributed by atoms with Crippen LogP contribution in [0.1, 0.15) is 26.2 Å². The van der Waals surface area contributed by atoms with E-state index in [4.69, 9.17) is 11.5 Å². The normalized spacial score (nSPS) is 21.2. The van der Waals surface area contributed by atoms with Crippen molar-refractivity contribution in [2.24, 2.45) is 16.5 Å². The lowest BCUT2D eigenvalue weighted by molar-refractivity contribution is -0.114. The summed E-state index contributed by atoms with van der Waals surface area (Å²) in [5.41, 5.74) is 10.5. The van der Waals surface area contributed by atoms with Crippen molar-refractivity contribution in [3.05, 3.63) is 11.3 Å². The van der Waals surface area contributed by atoms with Gasteiger partial charge in [-0.25, -0.2) is 0 Å². The Morgan fingerprint density at radius 2 is 2.29 bits per heavy atom. The zero-order chi connectivity index (χ0) is 10.7. The summed E-state index contributed by atoms with van der Waals surface area (Å²) < 4.78 is 0. The lowest BCUT2D eigenvalue weighted by Crippen LogP contribution is -2.25. The Bertz CT molecular complexity index is 307. The lowest BCUT2D eigenvalue weighted by atomic mass is 10.1. The fourth-order valence-corrected chi connectivity index (χ4v) is 1.44. The Labute approximate surface area is 82.5 Å². The number of carbonyl (C=O) groups is 1. The zero-order valence-corrected chi connectivity index (χ0v) is 8.16. The molecule has 0 aliphatic carbocycles. The Morgan fingerprint density at radius 1 is 1.64 bits per heavy atom. The highest BCUT2D eigenvalue weighted by Gasteiger charge is 2.29. The Balaban J connectivity index is 2.80. The molecule has 1 heterocycles. The second-order valence-corrected chi connectivity index (χ2v) is 3.30. The number of carbonyl (C=O) groups excluding carboxylic acids is 1. The molecule has 0 spiro atoms. The van der Waals surface area contributed by atoms with E-state index in [0.717, 1.165) is 12.8 Å². The number of nitrogens with two attached hydrogens (primary N) is 2. The molecule has 78 valence electrons. The first-order valence-corrected chi connectivity index (χ1v) is 4.64. The van der Waals surface area contributed by atoms with Crippen LogP contribution in [-0.4, -0.2) is 22.9 Å². The minimum Gasteiger partial charge on any atom is -0.509 e. The maximum atomic E-state index is 10.9. The van der Waals surface area contributed by atoms with E-state index in [1.54, 1.807) is 0 Å². The van der Waals surface area contributed by atoms with Crippen molar-refractivity contribution in [2.75, 3.05) is 0 Å². The molecule has 0 aromatic carbocycles. The Morgan fingerprint density at radius 3 is 2.71 bits per heavy atom. The number of unbranched alkanes of at least 4 members (excludes halogenated alkanes) is 1. The number of aliphatic hydroxyl groups is 1. The highest BCUT2D eigenvalue weighted by Crippen LogP contribution is 2.21. The first-order valence-electron chi connectivity index (χ1n) is 4.64. The van der Waals surface area contributed by atoms with Crippen molar-refractivity contribution in [3.8, 4) is 0 Å². The van der Waals surface area contributed by atoms with Crippen LogP contribution in [0.25, 0.3) is 0 Å². The molecule has 0 aromatic rings. The third kappa shape index (κ3) is 1.86. The van der Waals surface area contributed by atoms with Crippen molar-refractivity contribution >= 4 is 11.7 Å². The summed E-state index contributed by atoms with van der Waals surface area (Å²) >= 11 is 0. The molecule has 1 aliphatic heterocycles. The molecular formula is C9H15N3O2. The van der Waals surface area contributed by atoms with Crippen LogP contribution in [0.5, 0.6) is 0 Å². The molecule has 0 saturated heterocycles. The molecule has 0 bridgehead atoms. The molecule has 5 N–H and O–H groups in total. The predicted molar refractivity (Wildman–Crippen MR) is 53.8 cm³/mol. The predicted octanol–water partition coefficient (Wildman–Crippen LogP) is 0.213. The molecule has 0 saturated carbocycles. The van der Waals surface area contributed by atoms with Gasteiger partial charge in [-0.3, -0.25) is 9.79 Å². The van der Waals surface area contributed by atoms with Crippen molar-refractivity contribution in [3.63, 3.8) is 0 Å². The smallest absolute Gasteiger partial charge is 0.255 e. The average Bonchev–Trinajstić information content (AvgIpc) is 2.38. The van der Waals surface area contributed by atoms with E-state index in [2.05, 4.69) is 4.99 Å². The summed E-state index contributed by atoms with van der Waals surface area (Å²) in [6.45, 7) is 2.04. The molecule has 0 aromatic heterocycles. The van der Waals surface area contributed by atoms with Gasteiger partial charge in [-0.05, 0) is 6.42 Å². The van der Waals surface area contributed by atoms with E-state index in [9.17, 15) is 9.90 Å². The van der Waals surface area contributed by atoms with E-state index in [0.29, 0.717) is 6.42 Å². The maximum absolute atomic E-state index is 10.9. The van der Waals surface area contributed by atoms with Gasteiger partial charge in [0.2, 0.25) is 0 Å². The van der Waals surface area contributed by atoms with Gasteiger partial charge < -0.3 is 16.6 Å². The average molecular weight is 197 g/mol. The third-order valence-electron chi connectivity index (χ3n) is 2.20. The second kappa shape index (κ2) is 4.13. The summed E-state index contributed by atoms with van der Waals surface area (Å²) in [7, 11) is 0. The highest BCUT2D eigenvalue weighted by molar-refractivity contribution is 6.21.